The van der Waals surface area contributed by atoms with Gasteiger partial charge in [0.05, 0.1) is 6.26 Å². The molecule has 0 radical (unpaired) electrons. The Kier molecular flexibility index (Phi) is 4.05. The third kappa shape index (κ3) is 3.30. The van der Waals surface area contributed by atoms with Gasteiger partial charge in [-0.2, -0.15) is 0 Å². The minimum absolute atomic E-state index is 0.179. The van der Waals surface area contributed by atoms with Gasteiger partial charge in [-0.25, -0.2) is 17.7 Å². The Morgan fingerprint density at radius 1 is 1.33 bits per heavy atom. The van der Waals surface area contributed by atoms with Gasteiger partial charge in [0.15, 0.2) is 0 Å². The predicted molar refractivity (Wildman–Crippen MR) is 83.7 cm³/mol. The molecule has 2 aromatic heterocycles. The normalized spacial score (nSPS) is 20.5. The van der Waals surface area contributed by atoms with E-state index >= 15 is 0 Å². The number of thiazole rings is 1. The molecule has 3 heterocycles. The summed E-state index contributed by atoms with van der Waals surface area (Å²) < 4.78 is 24.9. The molecule has 21 heavy (non-hydrogen) atoms. The number of hydrogen-bond donors (Lipinski definition) is 0. The molecule has 1 aliphatic rings. The summed E-state index contributed by atoms with van der Waals surface area (Å²) in [6, 6.07) is 4.01. The van der Waals surface area contributed by atoms with Gasteiger partial charge in [-0.3, -0.25) is 4.98 Å². The van der Waals surface area contributed by atoms with Crippen molar-refractivity contribution in [1.29, 1.82) is 0 Å². The number of rotatable bonds is 3. The van der Waals surface area contributed by atoms with Gasteiger partial charge in [-0.15, -0.1) is 11.3 Å². The maximum absolute atomic E-state index is 11.7. The molecule has 1 saturated heterocycles. The third-order valence-electron chi connectivity index (χ3n) is 3.74. The van der Waals surface area contributed by atoms with Gasteiger partial charge in [-0.05, 0) is 25.0 Å². The monoisotopic (exact) mass is 323 g/mol. The van der Waals surface area contributed by atoms with Crippen molar-refractivity contribution in [2.24, 2.45) is 0 Å². The van der Waals surface area contributed by atoms with Gasteiger partial charge in [0.2, 0.25) is 10.0 Å². The molecule has 0 aromatic carbocycles. The Hall–Kier alpha value is -1.31. The summed E-state index contributed by atoms with van der Waals surface area (Å²) >= 11 is 1.58. The first kappa shape index (κ1) is 14.6. The Balaban J connectivity index is 1.78. The van der Waals surface area contributed by atoms with Gasteiger partial charge in [-0.1, -0.05) is 0 Å². The molecular formula is C14H17N3O2S2. The first-order chi connectivity index (χ1) is 10.0. The SMILES string of the molecule is CS(=O)(=O)N1CCCC(c2ccc(-c3nccs3)cn2)C1. The lowest BCUT2D eigenvalue weighted by atomic mass is 9.95. The molecule has 112 valence electrons. The molecular weight excluding hydrogens is 306 g/mol. The van der Waals surface area contributed by atoms with E-state index < -0.39 is 10.0 Å². The van der Waals surface area contributed by atoms with Crippen LogP contribution < -0.4 is 0 Å². The van der Waals surface area contributed by atoms with Gasteiger partial charge in [0.1, 0.15) is 5.01 Å². The standard InChI is InChI=1S/C14H17N3O2S2/c1-21(18,19)17-7-2-3-12(10-17)13-5-4-11(9-16-13)14-15-6-8-20-14/h4-6,8-9,12H,2-3,7,10H2,1H3. The summed E-state index contributed by atoms with van der Waals surface area (Å²) in [7, 11) is -3.11. The smallest absolute Gasteiger partial charge is 0.211 e. The third-order valence-corrected chi connectivity index (χ3v) is 5.83. The van der Waals surface area contributed by atoms with Crippen molar-refractivity contribution >= 4 is 21.4 Å². The van der Waals surface area contributed by atoms with Crippen LogP contribution in [0, 0.1) is 0 Å². The highest BCUT2D eigenvalue weighted by Crippen LogP contribution is 2.28. The average Bonchev–Trinajstić information content (AvgIpc) is 3.01. The van der Waals surface area contributed by atoms with Crippen LogP contribution in [-0.2, 0) is 10.0 Å². The highest BCUT2D eigenvalue weighted by Gasteiger charge is 2.27. The molecule has 1 atom stereocenters. The molecule has 1 aliphatic heterocycles. The lowest BCUT2D eigenvalue weighted by Gasteiger charge is -2.30. The second-order valence-electron chi connectivity index (χ2n) is 5.27. The van der Waals surface area contributed by atoms with Gasteiger partial charge < -0.3 is 0 Å². The first-order valence-electron chi connectivity index (χ1n) is 6.85. The van der Waals surface area contributed by atoms with Crippen LogP contribution in [0.1, 0.15) is 24.5 Å². The summed E-state index contributed by atoms with van der Waals surface area (Å²) in [6.45, 7) is 1.15. The van der Waals surface area contributed by atoms with Crippen LogP contribution >= 0.6 is 11.3 Å². The van der Waals surface area contributed by atoms with Crippen LogP contribution in [0.4, 0.5) is 0 Å². The topological polar surface area (TPSA) is 63.2 Å². The molecule has 5 nitrogen and oxygen atoms in total. The maximum atomic E-state index is 11.7. The fraction of sp³-hybridized carbons (Fsp3) is 0.429. The summed E-state index contributed by atoms with van der Waals surface area (Å²) in [6.07, 6.45) is 6.74. The van der Waals surface area contributed by atoms with Crippen molar-refractivity contribution in [3.05, 3.63) is 35.6 Å². The lowest BCUT2D eigenvalue weighted by molar-refractivity contribution is 0.314. The summed E-state index contributed by atoms with van der Waals surface area (Å²) in [4.78, 5) is 8.78. The Morgan fingerprint density at radius 3 is 2.81 bits per heavy atom. The van der Waals surface area contributed by atoms with Crippen molar-refractivity contribution in [2.75, 3.05) is 19.3 Å². The number of pyridine rings is 1. The zero-order valence-electron chi connectivity index (χ0n) is 11.8. The second-order valence-corrected chi connectivity index (χ2v) is 8.15. The first-order valence-corrected chi connectivity index (χ1v) is 9.58. The Bertz CT molecular complexity index is 696. The maximum Gasteiger partial charge on any atom is 0.211 e. The molecule has 0 spiro atoms. The van der Waals surface area contributed by atoms with Crippen molar-refractivity contribution < 1.29 is 8.42 Å². The van der Waals surface area contributed by atoms with Crippen molar-refractivity contribution in [1.82, 2.24) is 14.3 Å². The van der Waals surface area contributed by atoms with Crippen molar-refractivity contribution in [3.63, 3.8) is 0 Å². The zero-order valence-corrected chi connectivity index (χ0v) is 13.4. The van der Waals surface area contributed by atoms with Gasteiger partial charge in [0.25, 0.3) is 0 Å². The van der Waals surface area contributed by atoms with Crippen LogP contribution in [-0.4, -0.2) is 42.0 Å². The minimum Gasteiger partial charge on any atom is -0.260 e. The van der Waals surface area contributed by atoms with E-state index in [0.29, 0.717) is 13.1 Å². The van der Waals surface area contributed by atoms with E-state index in [1.165, 1.54) is 6.26 Å². The van der Waals surface area contributed by atoms with Crippen LogP contribution in [0.5, 0.6) is 0 Å². The Morgan fingerprint density at radius 2 is 2.19 bits per heavy atom. The number of aromatic nitrogens is 2. The van der Waals surface area contributed by atoms with Gasteiger partial charge >= 0.3 is 0 Å². The van der Waals surface area contributed by atoms with E-state index in [1.54, 1.807) is 21.8 Å². The second kappa shape index (κ2) is 5.82. The van der Waals surface area contributed by atoms with E-state index in [9.17, 15) is 8.42 Å². The summed E-state index contributed by atoms with van der Waals surface area (Å²) in [5, 5.41) is 2.89. The van der Waals surface area contributed by atoms with Crippen molar-refractivity contribution in [3.8, 4) is 10.6 Å². The molecule has 2 aromatic rings. The highest BCUT2D eigenvalue weighted by atomic mass is 32.2. The molecule has 0 N–H and O–H groups in total. The number of piperidine rings is 1. The van der Waals surface area contributed by atoms with Crippen LogP contribution in [0.15, 0.2) is 29.9 Å². The van der Waals surface area contributed by atoms with E-state index in [2.05, 4.69) is 9.97 Å². The largest absolute Gasteiger partial charge is 0.260 e. The number of sulfonamides is 1. The van der Waals surface area contributed by atoms with E-state index in [-0.39, 0.29) is 5.92 Å². The van der Waals surface area contributed by atoms with Gasteiger partial charge in [0, 0.05) is 48.0 Å². The fourth-order valence-electron chi connectivity index (χ4n) is 2.62. The van der Waals surface area contributed by atoms with Crippen LogP contribution in [0.25, 0.3) is 10.6 Å². The number of hydrogen-bond acceptors (Lipinski definition) is 5. The summed E-state index contributed by atoms with van der Waals surface area (Å²) in [5.41, 5.74) is 1.97. The van der Waals surface area contributed by atoms with E-state index in [4.69, 9.17) is 0 Å². The molecule has 7 heteroatoms. The zero-order chi connectivity index (χ0) is 14.9. The van der Waals surface area contributed by atoms with E-state index in [0.717, 1.165) is 29.1 Å². The molecule has 1 unspecified atom stereocenters. The number of nitrogens with zero attached hydrogens (tertiary/aromatic N) is 3. The minimum atomic E-state index is -3.11. The average molecular weight is 323 g/mol. The molecule has 0 bridgehead atoms. The molecule has 0 saturated carbocycles. The molecule has 0 aliphatic carbocycles. The fourth-order valence-corrected chi connectivity index (χ4v) is 4.17. The molecule has 0 amide bonds. The molecule has 3 rings (SSSR count). The Labute approximate surface area is 128 Å². The van der Waals surface area contributed by atoms with E-state index in [1.807, 2.05) is 23.7 Å². The predicted octanol–water partition coefficient (Wildman–Crippen LogP) is 2.34. The van der Waals surface area contributed by atoms with Crippen LogP contribution in [0.2, 0.25) is 0 Å². The lowest BCUT2D eigenvalue weighted by Crippen LogP contribution is -2.38. The quantitative estimate of drug-likeness (QED) is 0.870. The summed E-state index contributed by atoms with van der Waals surface area (Å²) in [5.74, 6) is 0.179. The van der Waals surface area contributed by atoms with Crippen LogP contribution in [0.3, 0.4) is 0 Å². The molecule has 1 fully saturated rings. The van der Waals surface area contributed by atoms with Crippen molar-refractivity contribution in [2.45, 2.75) is 18.8 Å². The highest BCUT2D eigenvalue weighted by molar-refractivity contribution is 7.88.